The molecule has 1 aromatic carbocycles. The van der Waals surface area contributed by atoms with Crippen LogP contribution in [-0.2, 0) is 4.79 Å². The van der Waals surface area contributed by atoms with Crippen molar-refractivity contribution in [1.29, 1.82) is 0 Å². The molecule has 0 aliphatic carbocycles. The van der Waals surface area contributed by atoms with Crippen LogP contribution in [0.5, 0.6) is 0 Å². The Morgan fingerprint density at radius 3 is 2.80 bits per heavy atom. The molecule has 1 saturated heterocycles. The molecule has 5 nitrogen and oxygen atoms in total. The molecular weight excluding hydrogens is 274 g/mol. The predicted molar refractivity (Wildman–Crippen MR) is 79.8 cm³/mol. The SMILES string of the molecule is O=C1CS/C(=N\N=Cc2ccc(-c3ccccc3)o2)N1. The molecule has 0 bridgehead atoms. The van der Waals surface area contributed by atoms with E-state index in [1.807, 2.05) is 42.5 Å². The lowest BCUT2D eigenvalue weighted by molar-refractivity contribution is -0.116. The second-order valence-electron chi connectivity index (χ2n) is 4.05. The number of hydrogen-bond donors (Lipinski definition) is 1. The lowest BCUT2D eigenvalue weighted by atomic mass is 10.2. The summed E-state index contributed by atoms with van der Waals surface area (Å²) in [5, 5.41) is 10.9. The molecular formula is C14H11N3O2S. The fraction of sp³-hybridized carbons (Fsp3) is 0.0714. The van der Waals surface area contributed by atoms with Gasteiger partial charge in [-0.2, -0.15) is 5.10 Å². The number of carbonyl (C=O) groups is 1. The first kappa shape index (κ1) is 12.7. The number of benzene rings is 1. The average molecular weight is 285 g/mol. The molecule has 3 rings (SSSR count). The summed E-state index contributed by atoms with van der Waals surface area (Å²) in [7, 11) is 0. The fourth-order valence-corrected chi connectivity index (χ4v) is 2.33. The van der Waals surface area contributed by atoms with Crippen LogP contribution in [-0.4, -0.2) is 23.0 Å². The van der Waals surface area contributed by atoms with E-state index in [0.717, 1.165) is 11.3 Å². The summed E-state index contributed by atoms with van der Waals surface area (Å²) in [5.41, 5.74) is 1.01. The summed E-state index contributed by atoms with van der Waals surface area (Å²) in [6, 6.07) is 13.5. The van der Waals surface area contributed by atoms with Crippen LogP contribution in [0.4, 0.5) is 0 Å². The van der Waals surface area contributed by atoms with Crippen LogP contribution < -0.4 is 5.32 Å². The number of amides is 1. The third-order valence-corrected chi connectivity index (χ3v) is 3.47. The van der Waals surface area contributed by atoms with Crippen molar-refractivity contribution in [2.75, 3.05) is 5.75 Å². The van der Waals surface area contributed by atoms with Gasteiger partial charge in [-0.05, 0) is 12.1 Å². The standard InChI is InChI=1S/C14H11N3O2S/c18-13-9-20-14(16-13)17-15-8-11-6-7-12(19-11)10-4-2-1-3-5-10/h1-8H,9H2,(H,16,17,18). The third-order valence-electron chi connectivity index (χ3n) is 2.60. The summed E-state index contributed by atoms with van der Waals surface area (Å²) in [6.45, 7) is 0. The maximum atomic E-state index is 11.0. The topological polar surface area (TPSA) is 67.0 Å². The van der Waals surface area contributed by atoms with Crippen molar-refractivity contribution in [3.05, 3.63) is 48.2 Å². The molecule has 0 spiro atoms. The minimum absolute atomic E-state index is 0.0479. The highest BCUT2D eigenvalue weighted by Gasteiger charge is 2.15. The van der Waals surface area contributed by atoms with Crippen molar-refractivity contribution in [3.8, 4) is 11.3 Å². The summed E-state index contributed by atoms with van der Waals surface area (Å²) in [5.74, 6) is 1.74. The maximum absolute atomic E-state index is 11.0. The summed E-state index contributed by atoms with van der Waals surface area (Å²) in [6.07, 6.45) is 1.52. The van der Waals surface area contributed by atoms with Gasteiger partial charge in [0.25, 0.3) is 0 Å². The van der Waals surface area contributed by atoms with E-state index in [1.54, 1.807) is 0 Å². The third kappa shape index (κ3) is 2.97. The molecule has 2 aromatic rings. The van der Waals surface area contributed by atoms with Gasteiger partial charge in [0.2, 0.25) is 5.91 Å². The largest absolute Gasteiger partial charge is 0.455 e. The van der Waals surface area contributed by atoms with Gasteiger partial charge in [-0.25, -0.2) is 0 Å². The van der Waals surface area contributed by atoms with E-state index in [2.05, 4.69) is 15.5 Å². The van der Waals surface area contributed by atoms with E-state index in [0.29, 0.717) is 16.7 Å². The second kappa shape index (κ2) is 5.75. The molecule has 2 heterocycles. The number of nitrogens with zero attached hydrogens (tertiary/aromatic N) is 2. The number of hydrogen-bond acceptors (Lipinski definition) is 5. The quantitative estimate of drug-likeness (QED) is 0.696. The Hall–Kier alpha value is -2.34. The van der Waals surface area contributed by atoms with Crippen LogP contribution in [0.3, 0.4) is 0 Å². The lowest BCUT2D eigenvalue weighted by Gasteiger charge is -1.94. The first-order chi connectivity index (χ1) is 9.81. The smallest absolute Gasteiger partial charge is 0.236 e. The van der Waals surface area contributed by atoms with Gasteiger partial charge in [-0.15, -0.1) is 5.10 Å². The highest BCUT2D eigenvalue weighted by molar-refractivity contribution is 8.15. The Morgan fingerprint density at radius 1 is 1.20 bits per heavy atom. The number of amidine groups is 1. The lowest BCUT2D eigenvalue weighted by Crippen LogP contribution is -2.19. The highest BCUT2D eigenvalue weighted by atomic mass is 32.2. The van der Waals surface area contributed by atoms with Gasteiger partial charge in [0.15, 0.2) is 5.17 Å². The van der Waals surface area contributed by atoms with E-state index < -0.39 is 0 Å². The Kier molecular flexibility index (Phi) is 3.64. The molecule has 0 radical (unpaired) electrons. The Labute approximate surface area is 119 Å². The van der Waals surface area contributed by atoms with Gasteiger partial charge >= 0.3 is 0 Å². The second-order valence-corrected chi connectivity index (χ2v) is 5.02. The minimum atomic E-state index is -0.0479. The molecule has 1 fully saturated rings. The van der Waals surface area contributed by atoms with Gasteiger partial charge in [0.05, 0.1) is 12.0 Å². The number of thioether (sulfide) groups is 1. The number of rotatable bonds is 3. The molecule has 0 saturated carbocycles. The van der Waals surface area contributed by atoms with Gasteiger partial charge in [0, 0.05) is 5.56 Å². The molecule has 1 aromatic heterocycles. The van der Waals surface area contributed by atoms with Crippen LogP contribution in [0.25, 0.3) is 11.3 Å². The van der Waals surface area contributed by atoms with Crippen LogP contribution in [0.15, 0.2) is 57.1 Å². The molecule has 1 aliphatic rings. The Bertz CT molecular complexity index is 677. The van der Waals surface area contributed by atoms with Crippen molar-refractivity contribution < 1.29 is 9.21 Å². The predicted octanol–water partition coefficient (Wildman–Crippen LogP) is 2.50. The van der Waals surface area contributed by atoms with Crippen molar-refractivity contribution in [2.24, 2.45) is 10.2 Å². The molecule has 6 heteroatoms. The fourth-order valence-electron chi connectivity index (χ4n) is 1.70. The molecule has 1 aliphatic heterocycles. The van der Waals surface area contributed by atoms with Gasteiger partial charge < -0.3 is 9.73 Å². The van der Waals surface area contributed by atoms with Crippen LogP contribution in [0, 0.1) is 0 Å². The van der Waals surface area contributed by atoms with Crippen molar-refractivity contribution >= 4 is 29.1 Å². The van der Waals surface area contributed by atoms with Crippen molar-refractivity contribution in [3.63, 3.8) is 0 Å². The average Bonchev–Trinajstić information content (AvgIpc) is 3.09. The molecule has 1 amide bonds. The van der Waals surface area contributed by atoms with Crippen molar-refractivity contribution in [2.45, 2.75) is 0 Å². The normalized spacial score (nSPS) is 17.0. The maximum Gasteiger partial charge on any atom is 0.236 e. The van der Waals surface area contributed by atoms with E-state index in [1.165, 1.54) is 18.0 Å². The monoisotopic (exact) mass is 285 g/mol. The molecule has 100 valence electrons. The first-order valence-electron chi connectivity index (χ1n) is 6.00. The Morgan fingerprint density at radius 2 is 2.05 bits per heavy atom. The van der Waals surface area contributed by atoms with E-state index in [9.17, 15) is 4.79 Å². The number of furan rings is 1. The number of nitrogens with one attached hydrogen (secondary N) is 1. The molecule has 20 heavy (non-hydrogen) atoms. The summed E-state index contributed by atoms with van der Waals surface area (Å²) < 4.78 is 5.64. The van der Waals surface area contributed by atoms with E-state index in [4.69, 9.17) is 4.42 Å². The van der Waals surface area contributed by atoms with Gasteiger partial charge in [-0.3, -0.25) is 4.79 Å². The zero-order chi connectivity index (χ0) is 13.8. The van der Waals surface area contributed by atoms with Crippen molar-refractivity contribution in [1.82, 2.24) is 5.32 Å². The zero-order valence-corrected chi connectivity index (χ0v) is 11.3. The van der Waals surface area contributed by atoms with Gasteiger partial charge in [0.1, 0.15) is 11.5 Å². The van der Waals surface area contributed by atoms with E-state index >= 15 is 0 Å². The summed E-state index contributed by atoms with van der Waals surface area (Å²) in [4.78, 5) is 11.0. The Balaban J connectivity index is 1.70. The van der Waals surface area contributed by atoms with Crippen LogP contribution in [0.1, 0.15) is 5.76 Å². The first-order valence-corrected chi connectivity index (χ1v) is 6.99. The minimum Gasteiger partial charge on any atom is -0.455 e. The zero-order valence-electron chi connectivity index (χ0n) is 10.4. The van der Waals surface area contributed by atoms with Crippen LogP contribution >= 0.6 is 11.8 Å². The molecule has 0 atom stereocenters. The van der Waals surface area contributed by atoms with E-state index in [-0.39, 0.29) is 5.91 Å². The number of carbonyl (C=O) groups excluding carboxylic acids is 1. The molecule has 1 N–H and O–H groups in total. The highest BCUT2D eigenvalue weighted by Crippen LogP contribution is 2.20. The van der Waals surface area contributed by atoms with Gasteiger partial charge in [-0.1, -0.05) is 42.1 Å². The van der Waals surface area contributed by atoms with Crippen LogP contribution in [0.2, 0.25) is 0 Å². The molecule has 0 unspecified atom stereocenters. The summed E-state index contributed by atoms with van der Waals surface area (Å²) >= 11 is 1.33.